The number of azide groups is 1. The summed E-state index contributed by atoms with van der Waals surface area (Å²) in [5, 5.41) is 31.7. The fourth-order valence-corrected chi connectivity index (χ4v) is 9.94. The highest BCUT2D eigenvalue weighted by Crippen LogP contribution is 2.35. The van der Waals surface area contributed by atoms with Gasteiger partial charge in [0.1, 0.15) is 11.2 Å². The maximum absolute atomic E-state index is 13.7. The lowest BCUT2D eigenvalue weighted by atomic mass is 9.73. The molecule has 0 amide bonds. The van der Waals surface area contributed by atoms with E-state index < -0.39 is 17.4 Å². The van der Waals surface area contributed by atoms with Crippen molar-refractivity contribution in [3.05, 3.63) is 10.4 Å². The van der Waals surface area contributed by atoms with Crippen LogP contribution in [-0.4, -0.2) is 350 Å². The second-order valence-corrected chi connectivity index (χ2v) is 24.3. The first kappa shape index (κ1) is 103. The van der Waals surface area contributed by atoms with E-state index in [9.17, 15) is 19.5 Å². The average Bonchev–Trinajstić information content (AvgIpc) is 0.819. The smallest absolute Gasteiger partial charge is 0.317 e. The maximum Gasteiger partial charge on any atom is 0.317 e. The van der Waals surface area contributed by atoms with Crippen molar-refractivity contribution in [3.8, 4) is 0 Å². The van der Waals surface area contributed by atoms with Crippen LogP contribution in [0.3, 0.4) is 0 Å². The Morgan fingerprint density at radius 1 is 0.245 bits per heavy atom. The van der Waals surface area contributed by atoms with E-state index in [1.165, 1.54) is 0 Å². The van der Waals surface area contributed by atoms with Gasteiger partial charge in [0.25, 0.3) is 0 Å². The molecule has 0 fully saturated rings. The summed E-state index contributed by atoms with van der Waals surface area (Å²) in [6.45, 7) is 21.5. The SMILES string of the molecule is [N-]=[N+]=NCCOCCOCCOCCOCCOCCOCCOCCOCCOCCOCCOCCOCCOCCOCCOCCOCCOCCOCCOCCOCCOCCOCCOCCCC(=O)C(CCCCCCCCCCCO)(CCCCCCCCCCC(=O)O)C(=O)O. The Labute approximate surface area is 633 Å². The fourth-order valence-electron chi connectivity index (χ4n) is 9.94. The third kappa shape index (κ3) is 81.9. The number of nitrogens with zero attached hydrogens (tertiary/aromatic N) is 3. The second kappa shape index (κ2) is 90.8. The summed E-state index contributed by atoms with van der Waals surface area (Å²) in [6.07, 6.45) is 17.8. The van der Waals surface area contributed by atoms with Crippen LogP contribution in [0.25, 0.3) is 10.4 Å². The highest BCUT2D eigenvalue weighted by molar-refractivity contribution is 6.03. The molecule has 1 unspecified atom stereocenters. The van der Waals surface area contributed by atoms with Gasteiger partial charge in [-0.05, 0) is 37.6 Å². The summed E-state index contributed by atoms with van der Waals surface area (Å²) in [7, 11) is 0. The predicted octanol–water partition coefficient (Wildman–Crippen LogP) is 7.98. The van der Waals surface area contributed by atoms with Crippen molar-refractivity contribution in [2.75, 3.05) is 317 Å². The Morgan fingerprint density at radius 3 is 0.632 bits per heavy atom. The summed E-state index contributed by atoms with van der Waals surface area (Å²) in [6, 6.07) is 0. The molecule has 3 N–H and O–H groups in total. The van der Waals surface area contributed by atoms with Crippen LogP contribution in [0, 0.1) is 5.41 Å². The molecule has 0 spiro atoms. The largest absolute Gasteiger partial charge is 0.481 e. The summed E-state index contributed by atoms with van der Waals surface area (Å²) >= 11 is 0. The molecule has 0 aliphatic carbocycles. The van der Waals surface area contributed by atoms with E-state index in [2.05, 4.69) is 10.0 Å². The van der Waals surface area contributed by atoms with Gasteiger partial charge in [0.15, 0.2) is 0 Å². The molecule has 628 valence electrons. The maximum atomic E-state index is 13.7. The third-order valence-electron chi connectivity index (χ3n) is 15.7. The molecule has 0 radical (unpaired) electrons. The van der Waals surface area contributed by atoms with Crippen molar-refractivity contribution in [2.24, 2.45) is 10.5 Å². The van der Waals surface area contributed by atoms with Crippen LogP contribution in [0.5, 0.6) is 0 Å². The summed E-state index contributed by atoms with van der Waals surface area (Å²) in [5.41, 5.74) is 6.81. The molecule has 32 nitrogen and oxygen atoms in total. The van der Waals surface area contributed by atoms with E-state index in [4.69, 9.17) is 125 Å². The number of Topliss-reactive ketones (excluding diaryl/α,β-unsaturated/α-hetero) is 1. The van der Waals surface area contributed by atoms with E-state index in [0.717, 1.165) is 89.9 Å². The standard InChI is InChI=1S/C74H143N3O29/c75-77-76-23-26-85-28-30-87-32-34-89-36-38-91-40-42-93-44-46-95-48-50-97-52-54-99-56-58-101-60-62-103-64-66-105-68-70-106-69-67-104-65-63-102-61-59-100-57-55-98-53-51-96-49-47-94-45-43-92-41-39-90-37-35-88-33-31-86-29-27-84-25-18-19-71(79)74(73(82)83,21-15-11-7-3-1-5-9-13-17-24-78)22-16-12-8-4-2-6-10-14-20-72(80)81/h78H,1-70H2,(H,80,81)(H,82,83). The van der Waals surface area contributed by atoms with Gasteiger partial charge in [-0.3, -0.25) is 14.4 Å². The Kier molecular flexibility index (Phi) is 88.2. The number of aliphatic carboxylic acids is 2. The molecule has 0 aromatic heterocycles. The number of rotatable bonds is 97. The topological polar surface area (TPSA) is 373 Å². The zero-order valence-electron chi connectivity index (χ0n) is 64.8. The number of carboxylic acid groups (broad SMARTS) is 2. The molecule has 0 heterocycles. The van der Waals surface area contributed by atoms with E-state index in [1.54, 1.807) is 0 Å². The third-order valence-corrected chi connectivity index (χ3v) is 15.7. The van der Waals surface area contributed by atoms with Crippen LogP contribution >= 0.6 is 0 Å². The van der Waals surface area contributed by atoms with E-state index in [0.29, 0.717) is 349 Å². The highest BCUT2D eigenvalue weighted by Gasteiger charge is 2.44. The Hall–Kier alpha value is -3.04. The first-order valence-electron chi connectivity index (χ1n) is 39.3. The number of aliphatic hydroxyl groups excluding tert-OH is 1. The van der Waals surface area contributed by atoms with Crippen molar-refractivity contribution in [1.82, 2.24) is 0 Å². The van der Waals surface area contributed by atoms with Gasteiger partial charge < -0.3 is 124 Å². The lowest BCUT2D eigenvalue weighted by molar-refractivity contribution is -0.156. The molecule has 0 saturated carbocycles. The van der Waals surface area contributed by atoms with Crippen LogP contribution in [0.15, 0.2) is 5.11 Å². The van der Waals surface area contributed by atoms with Crippen LogP contribution in [0.4, 0.5) is 0 Å². The summed E-state index contributed by atoms with van der Waals surface area (Å²) in [4.78, 5) is 39.9. The molecule has 0 rings (SSSR count). The van der Waals surface area contributed by atoms with Crippen molar-refractivity contribution >= 4 is 17.7 Å². The first-order chi connectivity index (χ1) is 52.4. The van der Waals surface area contributed by atoms with Crippen molar-refractivity contribution < 1.29 is 139 Å². The van der Waals surface area contributed by atoms with E-state index in [-0.39, 0.29) is 25.2 Å². The zero-order chi connectivity index (χ0) is 76.4. The quantitative estimate of drug-likeness (QED) is 0.0171. The minimum Gasteiger partial charge on any atom is -0.481 e. The van der Waals surface area contributed by atoms with E-state index in [1.807, 2.05) is 0 Å². The van der Waals surface area contributed by atoms with Crippen molar-refractivity contribution in [3.63, 3.8) is 0 Å². The summed E-state index contributed by atoms with van der Waals surface area (Å²) in [5.74, 6) is -1.97. The molecule has 32 heteroatoms. The number of hydrogen-bond acceptors (Lipinski definition) is 28. The van der Waals surface area contributed by atoms with E-state index >= 15 is 0 Å². The molecular formula is C74H143N3O29. The van der Waals surface area contributed by atoms with Crippen molar-refractivity contribution in [1.29, 1.82) is 0 Å². The number of carbonyl (C=O) groups is 3. The van der Waals surface area contributed by atoms with Gasteiger partial charge in [0.05, 0.1) is 297 Å². The van der Waals surface area contributed by atoms with Crippen molar-refractivity contribution in [2.45, 2.75) is 141 Å². The Morgan fingerprint density at radius 2 is 0.434 bits per heavy atom. The molecule has 0 saturated heterocycles. The van der Waals surface area contributed by atoms with Gasteiger partial charge in [-0.15, -0.1) is 0 Å². The number of hydrogen-bond donors (Lipinski definition) is 3. The van der Waals surface area contributed by atoms with Gasteiger partial charge in [-0.1, -0.05) is 101 Å². The molecule has 1 atom stereocenters. The molecule has 106 heavy (non-hydrogen) atoms. The van der Waals surface area contributed by atoms with Gasteiger partial charge in [0, 0.05) is 37.5 Å². The first-order valence-corrected chi connectivity index (χ1v) is 39.3. The lowest BCUT2D eigenvalue weighted by Gasteiger charge is -2.28. The summed E-state index contributed by atoms with van der Waals surface area (Å²) < 4.78 is 127. The highest BCUT2D eigenvalue weighted by atomic mass is 16.6. The van der Waals surface area contributed by atoms with Gasteiger partial charge in [0.2, 0.25) is 0 Å². The molecule has 0 bridgehead atoms. The number of ketones is 1. The normalized spacial score (nSPS) is 12.2. The number of carboxylic acids is 2. The molecule has 0 aromatic carbocycles. The molecule has 0 aromatic rings. The van der Waals surface area contributed by atoms with Gasteiger partial charge in [-0.2, -0.15) is 0 Å². The minimum atomic E-state index is -1.37. The Balaban J connectivity index is 3.44. The monoisotopic (exact) mass is 1540 g/mol. The minimum absolute atomic E-state index is 0.164. The number of ether oxygens (including phenoxy) is 23. The van der Waals surface area contributed by atoms with Crippen LogP contribution < -0.4 is 0 Å². The van der Waals surface area contributed by atoms with Gasteiger partial charge >= 0.3 is 11.9 Å². The second-order valence-electron chi connectivity index (χ2n) is 24.3. The number of aliphatic hydroxyl groups is 1. The number of unbranched alkanes of at least 4 members (excludes halogenated alkanes) is 15. The fraction of sp³-hybridized carbons (Fsp3) is 0.959. The molecular weight excluding hydrogens is 1390 g/mol. The number of carbonyl (C=O) groups excluding carboxylic acids is 1. The average molecular weight is 1540 g/mol. The lowest BCUT2D eigenvalue weighted by Crippen LogP contribution is -2.39. The zero-order valence-corrected chi connectivity index (χ0v) is 64.8. The molecule has 0 aliphatic rings. The van der Waals surface area contributed by atoms with Gasteiger partial charge in [-0.25, -0.2) is 0 Å². The van der Waals surface area contributed by atoms with Crippen LogP contribution in [-0.2, 0) is 123 Å². The van der Waals surface area contributed by atoms with Crippen LogP contribution in [0.2, 0.25) is 0 Å². The van der Waals surface area contributed by atoms with Crippen LogP contribution in [0.1, 0.15) is 141 Å². The molecule has 0 aliphatic heterocycles. The predicted molar refractivity (Wildman–Crippen MR) is 394 cm³/mol. The Bertz CT molecular complexity index is 1830.